The van der Waals surface area contributed by atoms with Gasteiger partial charge in [0.25, 0.3) is 0 Å². The molecule has 2 rings (SSSR count). The number of nitrogens with zero attached hydrogens (tertiary/aromatic N) is 1. The Hall–Kier alpha value is -1.91. The Kier molecular flexibility index (Phi) is 2.61. The first kappa shape index (κ1) is 11.6. The Labute approximate surface area is 96.5 Å². The van der Waals surface area contributed by atoms with Crippen LogP contribution in [-0.4, -0.2) is 4.57 Å². The van der Waals surface area contributed by atoms with Gasteiger partial charge in [0.05, 0.1) is 5.56 Å². The van der Waals surface area contributed by atoms with Gasteiger partial charge < -0.3 is 10.3 Å². The average Bonchev–Trinajstić information content (AvgIpc) is 2.58. The Morgan fingerprint density at radius 2 is 1.82 bits per heavy atom. The Morgan fingerprint density at radius 3 is 2.35 bits per heavy atom. The minimum atomic E-state index is -4.36. The van der Waals surface area contributed by atoms with Crippen LogP contribution in [0, 0.1) is 0 Å². The van der Waals surface area contributed by atoms with Crippen LogP contribution < -0.4 is 5.73 Å². The van der Waals surface area contributed by atoms with Gasteiger partial charge in [-0.05, 0) is 17.7 Å². The number of aryl methyl sites for hydroxylation is 1. The van der Waals surface area contributed by atoms with E-state index < -0.39 is 11.7 Å². The van der Waals surface area contributed by atoms with Crippen molar-refractivity contribution in [3.05, 3.63) is 42.1 Å². The Bertz CT molecular complexity index is 521. The van der Waals surface area contributed by atoms with Crippen molar-refractivity contribution in [2.75, 3.05) is 5.73 Å². The summed E-state index contributed by atoms with van der Waals surface area (Å²) in [6.45, 7) is 0. The molecule has 5 heteroatoms. The molecule has 1 aromatic carbocycles. The SMILES string of the molecule is Cn1cc(-c2ccccc2C(F)(F)F)cc1N. The predicted octanol–water partition coefficient (Wildman–Crippen LogP) is 3.29. The molecule has 0 atom stereocenters. The molecule has 0 amide bonds. The van der Waals surface area contributed by atoms with Crippen molar-refractivity contribution < 1.29 is 13.2 Å². The maximum atomic E-state index is 12.8. The van der Waals surface area contributed by atoms with E-state index in [2.05, 4.69) is 0 Å². The van der Waals surface area contributed by atoms with Crippen molar-refractivity contribution >= 4 is 5.82 Å². The molecule has 0 aliphatic heterocycles. The first-order valence-corrected chi connectivity index (χ1v) is 4.98. The van der Waals surface area contributed by atoms with E-state index in [4.69, 9.17) is 5.73 Å². The fraction of sp³-hybridized carbons (Fsp3) is 0.167. The summed E-state index contributed by atoms with van der Waals surface area (Å²) >= 11 is 0. The standard InChI is InChI=1S/C12H11F3N2/c1-17-7-8(6-11(17)16)9-4-2-3-5-10(9)12(13,14)15/h2-7H,16H2,1H3. The summed E-state index contributed by atoms with van der Waals surface area (Å²) in [7, 11) is 1.69. The minimum Gasteiger partial charge on any atom is -0.385 e. The highest BCUT2D eigenvalue weighted by atomic mass is 19.4. The molecule has 2 aromatic rings. The van der Waals surface area contributed by atoms with Gasteiger partial charge in [-0.25, -0.2) is 0 Å². The number of nitrogens with two attached hydrogens (primary N) is 1. The summed E-state index contributed by atoms with van der Waals surface area (Å²) in [5.41, 5.74) is 5.59. The largest absolute Gasteiger partial charge is 0.417 e. The summed E-state index contributed by atoms with van der Waals surface area (Å²) in [6.07, 6.45) is -2.78. The fourth-order valence-electron chi connectivity index (χ4n) is 1.71. The number of rotatable bonds is 1. The summed E-state index contributed by atoms with van der Waals surface area (Å²) in [5, 5.41) is 0. The van der Waals surface area contributed by atoms with Gasteiger partial charge in [0.1, 0.15) is 5.82 Å². The Balaban J connectivity index is 2.60. The smallest absolute Gasteiger partial charge is 0.385 e. The second kappa shape index (κ2) is 3.84. The van der Waals surface area contributed by atoms with Crippen molar-refractivity contribution in [3.63, 3.8) is 0 Å². The third-order valence-electron chi connectivity index (χ3n) is 2.59. The van der Waals surface area contributed by atoms with E-state index in [1.54, 1.807) is 23.9 Å². The van der Waals surface area contributed by atoms with Crippen LogP contribution in [0.5, 0.6) is 0 Å². The first-order valence-electron chi connectivity index (χ1n) is 4.98. The molecule has 0 aliphatic rings. The van der Waals surface area contributed by atoms with Crippen LogP contribution in [0.1, 0.15) is 5.56 Å². The number of alkyl halides is 3. The fourth-order valence-corrected chi connectivity index (χ4v) is 1.71. The van der Waals surface area contributed by atoms with Crippen LogP contribution in [0.25, 0.3) is 11.1 Å². The molecule has 2 nitrogen and oxygen atoms in total. The van der Waals surface area contributed by atoms with Crippen LogP contribution in [0.4, 0.5) is 19.0 Å². The van der Waals surface area contributed by atoms with Gasteiger partial charge in [0.15, 0.2) is 0 Å². The van der Waals surface area contributed by atoms with Gasteiger partial charge in [-0.3, -0.25) is 0 Å². The predicted molar refractivity (Wildman–Crippen MR) is 60.3 cm³/mol. The van der Waals surface area contributed by atoms with E-state index in [1.165, 1.54) is 18.2 Å². The van der Waals surface area contributed by atoms with Crippen molar-refractivity contribution in [2.45, 2.75) is 6.18 Å². The molecule has 1 heterocycles. The monoisotopic (exact) mass is 240 g/mol. The molecular weight excluding hydrogens is 229 g/mol. The van der Waals surface area contributed by atoms with Gasteiger partial charge in [-0.1, -0.05) is 18.2 Å². The number of hydrogen-bond acceptors (Lipinski definition) is 1. The van der Waals surface area contributed by atoms with Gasteiger partial charge in [0.2, 0.25) is 0 Å². The van der Waals surface area contributed by atoms with Crippen LogP contribution in [-0.2, 0) is 13.2 Å². The van der Waals surface area contributed by atoms with Crippen LogP contribution in [0.3, 0.4) is 0 Å². The molecule has 1 aromatic heterocycles. The molecule has 0 spiro atoms. The molecule has 90 valence electrons. The number of hydrogen-bond donors (Lipinski definition) is 1. The van der Waals surface area contributed by atoms with Crippen molar-refractivity contribution in [1.29, 1.82) is 0 Å². The molecule has 17 heavy (non-hydrogen) atoms. The quantitative estimate of drug-likeness (QED) is 0.814. The third-order valence-corrected chi connectivity index (χ3v) is 2.59. The second-order valence-corrected chi connectivity index (χ2v) is 3.81. The first-order chi connectivity index (χ1) is 7.89. The lowest BCUT2D eigenvalue weighted by Crippen LogP contribution is -2.06. The number of nitrogen functional groups attached to an aromatic ring is 1. The zero-order chi connectivity index (χ0) is 12.6. The lowest BCUT2D eigenvalue weighted by molar-refractivity contribution is -0.137. The molecule has 0 radical (unpaired) electrons. The van der Waals surface area contributed by atoms with Gasteiger partial charge in [-0.15, -0.1) is 0 Å². The highest BCUT2D eigenvalue weighted by Gasteiger charge is 2.33. The van der Waals surface area contributed by atoms with Crippen LogP contribution in [0.2, 0.25) is 0 Å². The molecule has 0 aliphatic carbocycles. The van der Waals surface area contributed by atoms with E-state index in [1.807, 2.05) is 0 Å². The normalized spacial score (nSPS) is 11.8. The molecule has 2 N–H and O–H groups in total. The highest BCUT2D eigenvalue weighted by molar-refractivity contribution is 5.70. The summed E-state index contributed by atoms with van der Waals surface area (Å²) < 4.78 is 40.0. The zero-order valence-corrected chi connectivity index (χ0v) is 9.12. The summed E-state index contributed by atoms with van der Waals surface area (Å²) in [4.78, 5) is 0. The lowest BCUT2D eigenvalue weighted by Gasteiger charge is -2.11. The van der Waals surface area contributed by atoms with E-state index in [9.17, 15) is 13.2 Å². The number of halogens is 3. The third kappa shape index (κ3) is 2.13. The summed E-state index contributed by atoms with van der Waals surface area (Å²) in [6, 6.07) is 6.99. The minimum absolute atomic E-state index is 0.146. The number of anilines is 1. The number of aromatic nitrogens is 1. The topological polar surface area (TPSA) is 30.9 Å². The van der Waals surface area contributed by atoms with Gasteiger partial charge in [0, 0.05) is 18.8 Å². The van der Waals surface area contributed by atoms with Crippen molar-refractivity contribution in [3.8, 4) is 11.1 Å². The van der Waals surface area contributed by atoms with E-state index in [0.29, 0.717) is 11.4 Å². The molecule has 0 bridgehead atoms. The lowest BCUT2D eigenvalue weighted by atomic mass is 10.0. The van der Waals surface area contributed by atoms with Crippen molar-refractivity contribution in [1.82, 2.24) is 4.57 Å². The maximum Gasteiger partial charge on any atom is 0.417 e. The molecule has 0 fully saturated rings. The van der Waals surface area contributed by atoms with E-state index in [-0.39, 0.29) is 5.56 Å². The zero-order valence-electron chi connectivity index (χ0n) is 9.12. The van der Waals surface area contributed by atoms with E-state index >= 15 is 0 Å². The number of benzene rings is 1. The van der Waals surface area contributed by atoms with Crippen LogP contribution in [0.15, 0.2) is 36.5 Å². The average molecular weight is 240 g/mol. The maximum absolute atomic E-state index is 12.8. The van der Waals surface area contributed by atoms with Gasteiger partial charge in [-0.2, -0.15) is 13.2 Å². The van der Waals surface area contributed by atoms with Crippen molar-refractivity contribution in [2.24, 2.45) is 7.05 Å². The van der Waals surface area contributed by atoms with E-state index in [0.717, 1.165) is 6.07 Å². The Morgan fingerprint density at radius 1 is 1.18 bits per heavy atom. The highest BCUT2D eigenvalue weighted by Crippen LogP contribution is 2.37. The molecule has 0 saturated carbocycles. The van der Waals surface area contributed by atoms with Gasteiger partial charge >= 0.3 is 6.18 Å². The molecular formula is C12H11F3N2. The summed E-state index contributed by atoms with van der Waals surface area (Å²) in [5.74, 6) is 0.428. The van der Waals surface area contributed by atoms with Crippen LogP contribution >= 0.6 is 0 Å². The molecule has 0 unspecified atom stereocenters. The second-order valence-electron chi connectivity index (χ2n) is 3.81. The molecule has 0 saturated heterocycles.